The van der Waals surface area contributed by atoms with Crippen LogP contribution in [0.5, 0.6) is 0 Å². The molecule has 192 valence electrons. The number of nitrogens with zero attached hydrogens (tertiary/aromatic N) is 1. The van der Waals surface area contributed by atoms with Gasteiger partial charge in [-0.15, -0.1) is 0 Å². The average molecular weight is 489 g/mol. The zero-order valence-corrected chi connectivity index (χ0v) is 20.4. The van der Waals surface area contributed by atoms with E-state index in [4.69, 9.17) is 5.11 Å². The van der Waals surface area contributed by atoms with E-state index < -0.39 is 42.9 Å². The Kier molecular flexibility index (Phi) is 11.2. The lowest BCUT2D eigenvalue weighted by Crippen LogP contribution is -2.57. The molecule has 1 saturated heterocycles. The van der Waals surface area contributed by atoms with Crippen molar-refractivity contribution in [2.45, 2.75) is 76.8 Å². The molecule has 0 spiro atoms. The molecule has 1 unspecified atom stereocenters. The average Bonchev–Trinajstić information content (AvgIpc) is 3.28. The van der Waals surface area contributed by atoms with Gasteiger partial charge in [-0.25, -0.2) is 0 Å². The topological polar surface area (TPSA) is 156 Å². The van der Waals surface area contributed by atoms with Crippen LogP contribution in [0.1, 0.15) is 57.9 Å². The van der Waals surface area contributed by atoms with E-state index in [9.17, 15) is 29.2 Å². The van der Waals surface area contributed by atoms with Gasteiger partial charge in [0, 0.05) is 25.8 Å². The first kappa shape index (κ1) is 28.3. The maximum Gasteiger partial charge on any atom is 0.475 e. The van der Waals surface area contributed by atoms with Crippen molar-refractivity contribution in [2.24, 2.45) is 5.92 Å². The minimum atomic E-state index is -1.66. The number of nitrogens with one attached hydrogen (secondary N) is 2. The lowest BCUT2D eigenvalue weighted by Gasteiger charge is -2.30. The summed E-state index contributed by atoms with van der Waals surface area (Å²) in [5, 5.41) is 33.6. The van der Waals surface area contributed by atoms with Crippen molar-refractivity contribution in [3.8, 4) is 0 Å². The molecule has 1 aliphatic rings. The molecule has 11 heteroatoms. The predicted molar refractivity (Wildman–Crippen MR) is 130 cm³/mol. The summed E-state index contributed by atoms with van der Waals surface area (Å²) in [4.78, 5) is 51.2. The zero-order chi connectivity index (χ0) is 26.0. The molecule has 0 bridgehead atoms. The third kappa shape index (κ3) is 9.33. The number of likely N-dealkylation sites (tertiary alicyclic amines) is 1. The Morgan fingerprint density at radius 1 is 1.06 bits per heavy atom. The summed E-state index contributed by atoms with van der Waals surface area (Å²) in [6.45, 7) is 4.21. The van der Waals surface area contributed by atoms with Crippen LogP contribution in [0.25, 0.3) is 0 Å². The molecule has 10 nitrogen and oxygen atoms in total. The summed E-state index contributed by atoms with van der Waals surface area (Å²) < 4.78 is 0. The zero-order valence-electron chi connectivity index (χ0n) is 20.4. The Morgan fingerprint density at radius 2 is 1.74 bits per heavy atom. The number of rotatable bonds is 13. The maximum absolute atomic E-state index is 13.3. The molecular formula is C24H36BN3O7. The highest BCUT2D eigenvalue weighted by Gasteiger charge is 2.40. The van der Waals surface area contributed by atoms with Gasteiger partial charge in [-0.1, -0.05) is 44.2 Å². The third-order valence-electron chi connectivity index (χ3n) is 5.98. The molecule has 3 atom stereocenters. The first-order chi connectivity index (χ1) is 16.6. The number of carbonyl (C=O) groups is 4. The first-order valence-corrected chi connectivity index (χ1v) is 12.1. The second kappa shape index (κ2) is 13.8. The van der Waals surface area contributed by atoms with Crippen molar-refractivity contribution in [1.82, 2.24) is 15.5 Å². The number of amides is 3. The van der Waals surface area contributed by atoms with Crippen molar-refractivity contribution in [1.29, 1.82) is 0 Å². The van der Waals surface area contributed by atoms with Crippen LogP contribution in [-0.4, -0.2) is 75.4 Å². The molecule has 1 aliphatic heterocycles. The first-order valence-electron chi connectivity index (χ1n) is 12.1. The number of carboxylic acid groups (broad SMARTS) is 1. The fourth-order valence-corrected chi connectivity index (χ4v) is 4.27. The lowest BCUT2D eigenvalue weighted by atomic mass is 9.77. The highest BCUT2D eigenvalue weighted by molar-refractivity contribution is 6.43. The summed E-state index contributed by atoms with van der Waals surface area (Å²) >= 11 is 0. The summed E-state index contributed by atoms with van der Waals surface area (Å²) in [6, 6.07) is 7.27. The Balaban J connectivity index is 2.16. The van der Waals surface area contributed by atoms with Crippen molar-refractivity contribution >= 4 is 30.8 Å². The lowest BCUT2D eigenvalue weighted by molar-refractivity contribution is -0.137. The van der Waals surface area contributed by atoms with E-state index in [1.807, 2.05) is 44.2 Å². The summed E-state index contributed by atoms with van der Waals surface area (Å²) in [7, 11) is -1.66. The number of carbonyl (C=O) groups excluding carboxylic acids is 3. The molecule has 3 amide bonds. The van der Waals surface area contributed by atoms with Gasteiger partial charge in [-0.2, -0.15) is 0 Å². The number of aliphatic carboxylic acids is 1. The van der Waals surface area contributed by atoms with E-state index in [1.54, 1.807) is 0 Å². The Hall–Kier alpha value is -2.92. The molecule has 0 saturated carbocycles. The van der Waals surface area contributed by atoms with Gasteiger partial charge in [0.2, 0.25) is 17.7 Å². The van der Waals surface area contributed by atoms with Crippen LogP contribution in [0.4, 0.5) is 0 Å². The van der Waals surface area contributed by atoms with Gasteiger partial charge >= 0.3 is 13.1 Å². The van der Waals surface area contributed by atoms with Crippen molar-refractivity contribution in [3.63, 3.8) is 0 Å². The minimum Gasteiger partial charge on any atom is -0.481 e. The maximum atomic E-state index is 13.3. The standard InChI is InChI=1S/C24H36BN3O7/c1-16(2)14-19(24(33)28-13-7-10-20(28)25(34)35)27-23(32)18(15-17-8-4-3-5-9-17)26-21(29)11-6-12-22(30)31/h3-5,8-9,16,18-20,34-35H,6-7,10-15H2,1-2H3,(H,26,29)(H,27,32)(H,30,31)/t18-,19-,20?/m0/s1. The molecule has 1 aromatic carbocycles. The highest BCUT2D eigenvalue weighted by atomic mass is 16.4. The van der Waals surface area contributed by atoms with E-state index >= 15 is 0 Å². The molecule has 1 aromatic rings. The van der Waals surface area contributed by atoms with E-state index in [2.05, 4.69) is 10.6 Å². The normalized spacial score (nSPS) is 17.1. The molecule has 0 aromatic heterocycles. The van der Waals surface area contributed by atoms with Crippen LogP contribution < -0.4 is 10.6 Å². The monoisotopic (exact) mass is 489 g/mol. The van der Waals surface area contributed by atoms with E-state index in [1.165, 1.54) is 4.90 Å². The van der Waals surface area contributed by atoms with Gasteiger partial charge in [-0.3, -0.25) is 19.2 Å². The Morgan fingerprint density at radius 3 is 2.34 bits per heavy atom. The van der Waals surface area contributed by atoms with Crippen molar-refractivity contribution in [3.05, 3.63) is 35.9 Å². The van der Waals surface area contributed by atoms with E-state index in [-0.39, 0.29) is 37.5 Å². The molecule has 1 fully saturated rings. The molecular weight excluding hydrogens is 453 g/mol. The van der Waals surface area contributed by atoms with Crippen molar-refractivity contribution in [2.75, 3.05) is 6.54 Å². The fourth-order valence-electron chi connectivity index (χ4n) is 4.27. The molecule has 0 aliphatic carbocycles. The second-order valence-corrected chi connectivity index (χ2v) is 9.40. The second-order valence-electron chi connectivity index (χ2n) is 9.40. The van der Waals surface area contributed by atoms with Crippen LogP contribution in [-0.2, 0) is 25.6 Å². The molecule has 5 N–H and O–H groups in total. The van der Waals surface area contributed by atoms with Gasteiger partial charge < -0.3 is 30.7 Å². The van der Waals surface area contributed by atoms with E-state index in [0.29, 0.717) is 25.8 Å². The fraction of sp³-hybridized carbons (Fsp3) is 0.583. The molecule has 0 radical (unpaired) electrons. The highest BCUT2D eigenvalue weighted by Crippen LogP contribution is 2.21. The van der Waals surface area contributed by atoms with Crippen LogP contribution in [0.15, 0.2) is 30.3 Å². The summed E-state index contributed by atoms with van der Waals surface area (Å²) in [5.41, 5.74) is 0.813. The number of benzene rings is 1. The SMILES string of the molecule is CC(C)C[C@H](NC(=O)[C@H](Cc1ccccc1)NC(=O)CCCC(=O)O)C(=O)N1CCCC1B(O)O. The van der Waals surface area contributed by atoms with Gasteiger partial charge in [0.25, 0.3) is 0 Å². The van der Waals surface area contributed by atoms with Crippen LogP contribution in [0.3, 0.4) is 0 Å². The number of hydrogen-bond acceptors (Lipinski definition) is 6. The third-order valence-corrected chi connectivity index (χ3v) is 5.98. The number of hydrogen-bond donors (Lipinski definition) is 5. The van der Waals surface area contributed by atoms with Gasteiger partial charge in [0.1, 0.15) is 12.1 Å². The Bertz CT molecular complexity index is 866. The smallest absolute Gasteiger partial charge is 0.475 e. The summed E-state index contributed by atoms with van der Waals surface area (Å²) in [6.07, 6.45) is 1.61. The summed E-state index contributed by atoms with van der Waals surface area (Å²) in [5.74, 6) is -3.00. The predicted octanol–water partition coefficient (Wildman–Crippen LogP) is 0.503. The van der Waals surface area contributed by atoms with Gasteiger partial charge in [-0.05, 0) is 37.2 Å². The molecule has 1 heterocycles. The quantitative estimate of drug-likeness (QED) is 0.253. The largest absolute Gasteiger partial charge is 0.481 e. The van der Waals surface area contributed by atoms with Crippen LogP contribution >= 0.6 is 0 Å². The van der Waals surface area contributed by atoms with Gasteiger partial charge in [0.05, 0.1) is 5.94 Å². The van der Waals surface area contributed by atoms with E-state index in [0.717, 1.165) is 5.56 Å². The minimum absolute atomic E-state index is 0.0386. The molecule has 35 heavy (non-hydrogen) atoms. The van der Waals surface area contributed by atoms with Crippen molar-refractivity contribution < 1.29 is 34.3 Å². The Labute approximate surface area is 206 Å². The molecule has 2 rings (SSSR count). The van der Waals surface area contributed by atoms with Crippen LogP contribution in [0, 0.1) is 5.92 Å². The van der Waals surface area contributed by atoms with Crippen LogP contribution in [0.2, 0.25) is 0 Å². The van der Waals surface area contributed by atoms with Gasteiger partial charge in [0.15, 0.2) is 0 Å². The number of carboxylic acids is 1.